The fraction of sp³-hybridized carbons (Fsp3) is 0.647. The number of benzene rings is 1. The van der Waals surface area contributed by atoms with Crippen LogP contribution in [0.2, 0.25) is 0 Å². The lowest BCUT2D eigenvalue weighted by Gasteiger charge is -2.39. The first kappa shape index (κ1) is 18.2. The van der Waals surface area contributed by atoms with E-state index in [1.807, 2.05) is 6.92 Å². The van der Waals surface area contributed by atoms with E-state index in [0.717, 1.165) is 38.1 Å². The Morgan fingerprint density at radius 1 is 1.22 bits per heavy atom. The van der Waals surface area contributed by atoms with Gasteiger partial charge in [0.05, 0.1) is 17.3 Å². The molecule has 3 nitrogen and oxygen atoms in total. The number of ether oxygens (including phenoxy) is 1. The third kappa shape index (κ3) is 4.93. The molecule has 0 saturated carbocycles. The number of aliphatic hydroxyl groups is 1. The average molecular weight is 331 g/mol. The third-order valence-electron chi connectivity index (χ3n) is 4.46. The van der Waals surface area contributed by atoms with Crippen LogP contribution in [0.5, 0.6) is 0 Å². The van der Waals surface area contributed by atoms with Crippen molar-refractivity contribution in [2.45, 2.75) is 44.6 Å². The summed E-state index contributed by atoms with van der Waals surface area (Å²) in [5, 5.41) is 10.2. The Bertz CT molecular complexity index is 494. The largest absolute Gasteiger partial charge is 0.416 e. The van der Waals surface area contributed by atoms with Crippen LogP contribution in [0.25, 0.3) is 0 Å². The lowest BCUT2D eigenvalue weighted by atomic mass is 9.93. The normalized spacial score (nSPS) is 20.4. The van der Waals surface area contributed by atoms with Crippen LogP contribution in [0.1, 0.15) is 43.9 Å². The molecule has 0 radical (unpaired) electrons. The first-order valence-electron chi connectivity index (χ1n) is 7.95. The van der Waals surface area contributed by atoms with Gasteiger partial charge in [0.15, 0.2) is 0 Å². The fourth-order valence-electron chi connectivity index (χ4n) is 2.95. The van der Waals surface area contributed by atoms with Crippen LogP contribution in [0.4, 0.5) is 13.2 Å². The van der Waals surface area contributed by atoms with Gasteiger partial charge < -0.3 is 14.7 Å². The highest BCUT2D eigenvalue weighted by Crippen LogP contribution is 2.31. The van der Waals surface area contributed by atoms with Crippen molar-refractivity contribution in [3.8, 4) is 0 Å². The van der Waals surface area contributed by atoms with E-state index in [2.05, 4.69) is 11.8 Å². The first-order valence-corrected chi connectivity index (χ1v) is 7.95. The van der Waals surface area contributed by atoms with Gasteiger partial charge in [-0.2, -0.15) is 13.2 Å². The molecule has 0 aromatic heterocycles. The molecule has 1 aliphatic rings. The quantitative estimate of drug-likeness (QED) is 0.894. The summed E-state index contributed by atoms with van der Waals surface area (Å²) < 4.78 is 43.4. The molecule has 1 atom stereocenters. The molecule has 1 aromatic rings. The molecule has 1 aliphatic heterocycles. The monoisotopic (exact) mass is 331 g/mol. The maximum Gasteiger partial charge on any atom is 0.416 e. The van der Waals surface area contributed by atoms with Gasteiger partial charge in [0.1, 0.15) is 0 Å². The molecule has 130 valence electrons. The number of rotatable bonds is 5. The summed E-state index contributed by atoms with van der Waals surface area (Å²) in [6.07, 6.45) is -3.35. The Kier molecular flexibility index (Phi) is 5.70. The molecule has 1 saturated heterocycles. The first-order chi connectivity index (χ1) is 10.7. The molecule has 6 heteroatoms. The topological polar surface area (TPSA) is 32.7 Å². The second-order valence-electron chi connectivity index (χ2n) is 6.32. The van der Waals surface area contributed by atoms with Crippen molar-refractivity contribution in [3.63, 3.8) is 0 Å². The molecule has 0 unspecified atom stereocenters. The van der Waals surface area contributed by atoms with Crippen LogP contribution < -0.4 is 0 Å². The molecule has 1 aromatic carbocycles. The maximum atomic E-state index is 12.5. The fourth-order valence-corrected chi connectivity index (χ4v) is 2.95. The zero-order valence-electron chi connectivity index (χ0n) is 13.6. The van der Waals surface area contributed by atoms with Gasteiger partial charge in [-0.3, -0.25) is 0 Å². The van der Waals surface area contributed by atoms with Crippen molar-refractivity contribution in [1.29, 1.82) is 0 Å². The number of piperidine rings is 1. The van der Waals surface area contributed by atoms with Gasteiger partial charge in [-0.05, 0) is 44.4 Å². The summed E-state index contributed by atoms with van der Waals surface area (Å²) >= 11 is 0. The molecule has 1 fully saturated rings. The van der Waals surface area contributed by atoms with Gasteiger partial charge in [-0.1, -0.05) is 12.1 Å². The van der Waals surface area contributed by atoms with Gasteiger partial charge in [0.25, 0.3) is 0 Å². The molecule has 0 spiro atoms. The Morgan fingerprint density at radius 2 is 1.78 bits per heavy atom. The predicted molar refractivity (Wildman–Crippen MR) is 82.1 cm³/mol. The van der Waals surface area contributed by atoms with Crippen molar-refractivity contribution in [1.82, 2.24) is 4.90 Å². The Hall–Kier alpha value is -1.11. The van der Waals surface area contributed by atoms with Crippen LogP contribution in [-0.2, 0) is 10.9 Å². The van der Waals surface area contributed by atoms with E-state index in [-0.39, 0.29) is 5.60 Å². The van der Waals surface area contributed by atoms with Gasteiger partial charge >= 0.3 is 6.18 Å². The smallest absolute Gasteiger partial charge is 0.387 e. The summed E-state index contributed by atoms with van der Waals surface area (Å²) in [5.41, 5.74) is -0.292. The minimum absolute atomic E-state index is 0.107. The van der Waals surface area contributed by atoms with Crippen molar-refractivity contribution in [2.24, 2.45) is 0 Å². The van der Waals surface area contributed by atoms with E-state index in [9.17, 15) is 18.3 Å². The summed E-state index contributed by atoms with van der Waals surface area (Å²) in [4.78, 5) is 2.13. The van der Waals surface area contributed by atoms with Gasteiger partial charge in [0, 0.05) is 26.2 Å². The third-order valence-corrected chi connectivity index (χ3v) is 4.46. The molecule has 0 bridgehead atoms. The lowest BCUT2D eigenvalue weighted by Crippen LogP contribution is -2.45. The van der Waals surface area contributed by atoms with Crippen LogP contribution in [0.15, 0.2) is 24.3 Å². The van der Waals surface area contributed by atoms with Crippen LogP contribution >= 0.6 is 0 Å². The summed E-state index contributed by atoms with van der Waals surface area (Å²) in [6.45, 7) is 6.81. The van der Waals surface area contributed by atoms with E-state index in [0.29, 0.717) is 18.7 Å². The van der Waals surface area contributed by atoms with Crippen molar-refractivity contribution in [2.75, 3.05) is 26.2 Å². The molecule has 23 heavy (non-hydrogen) atoms. The second kappa shape index (κ2) is 7.20. The highest BCUT2D eigenvalue weighted by atomic mass is 19.4. The van der Waals surface area contributed by atoms with Gasteiger partial charge in [-0.15, -0.1) is 0 Å². The predicted octanol–water partition coefficient (Wildman–Crippen LogP) is 3.63. The average Bonchev–Trinajstić information content (AvgIpc) is 2.49. The van der Waals surface area contributed by atoms with Crippen molar-refractivity contribution >= 4 is 0 Å². The van der Waals surface area contributed by atoms with Crippen molar-refractivity contribution in [3.05, 3.63) is 35.4 Å². The van der Waals surface area contributed by atoms with Crippen LogP contribution in [0, 0.1) is 0 Å². The standard InChI is InChI=1S/C17H24F3NO2/c1-3-23-16(2)8-10-21(11-9-16)12-15(22)13-4-6-14(7-5-13)17(18,19)20/h4-7,15,22H,3,8-12H2,1-2H3/t15-/m0/s1. The number of nitrogens with zero attached hydrogens (tertiary/aromatic N) is 1. The van der Waals surface area contributed by atoms with E-state index >= 15 is 0 Å². The van der Waals surface area contributed by atoms with E-state index in [1.165, 1.54) is 12.1 Å². The highest BCUT2D eigenvalue weighted by Gasteiger charge is 2.32. The minimum atomic E-state index is -4.35. The lowest BCUT2D eigenvalue weighted by molar-refractivity contribution is -0.137. The van der Waals surface area contributed by atoms with Gasteiger partial charge in [-0.25, -0.2) is 0 Å². The number of hydrogen-bond donors (Lipinski definition) is 1. The molecule has 0 amide bonds. The molecule has 2 rings (SSSR count). The molecule has 0 aliphatic carbocycles. The zero-order chi connectivity index (χ0) is 17.1. The van der Waals surface area contributed by atoms with E-state index in [1.54, 1.807) is 0 Å². The van der Waals surface area contributed by atoms with Crippen LogP contribution in [-0.4, -0.2) is 41.8 Å². The minimum Gasteiger partial charge on any atom is -0.387 e. The highest BCUT2D eigenvalue weighted by molar-refractivity contribution is 5.26. The summed E-state index contributed by atoms with van der Waals surface area (Å²) in [5.74, 6) is 0. The molecule has 1 N–H and O–H groups in total. The Labute approximate surface area is 135 Å². The molecular weight excluding hydrogens is 307 g/mol. The number of hydrogen-bond acceptors (Lipinski definition) is 3. The van der Waals surface area contributed by atoms with Crippen molar-refractivity contribution < 1.29 is 23.0 Å². The molecule has 1 heterocycles. The number of likely N-dealkylation sites (tertiary alicyclic amines) is 1. The SMILES string of the molecule is CCOC1(C)CCN(C[C@H](O)c2ccc(C(F)(F)F)cc2)CC1. The van der Waals surface area contributed by atoms with E-state index in [4.69, 9.17) is 4.74 Å². The van der Waals surface area contributed by atoms with E-state index < -0.39 is 17.8 Å². The number of β-amino-alcohol motifs (C(OH)–C–C–N with tert-alkyl or cyclic N) is 1. The zero-order valence-corrected chi connectivity index (χ0v) is 13.6. The number of aliphatic hydroxyl groups excluding tert-OH is 1. The maximum absolute atomic E-state index is 12.5. The molecular formula is C17H24F3NO2. The number of halogens is 3. The van der Waals surface area contributed by atoms with Gasteiger partial charge in [0.2, 0.25) is 0 Å². The summed E-state index contributed by atoms with van der Waals surface area (Å²) in [7, 11) is 0. The second-order valence-corrected chi connectivity index (χ2v) is 6.32. The summed E-state index contributed by atoms with van der Waals surface area (Å²) in [6, 6.07) is 4.73. The van der Waals surface area contributed by atoms with Crippen LogP contribution in [0.3, 0.4) is 0 Å². The Morgan fingerprint density at radius 3 is 2.26 bits per heavy atom. The Balaban J connectivity index is 1.89. The number of alkyl halides is 3.